The third-order valence-corrected chi connectivity index (χ3v) is 3.99. The van der Waals surface area contributed by atoms with E-state index >= 15 is 0 Å². The fraction of sp³-hybridized carbons (Fsp3) is 1.00. The van der Waals surface area contributed by atoms with Crippen molar-refractivity contribution in [2.75, 3.05) is 20.1 Å². The molecule has 1 aliphatic carbocycles. The summed E-state index contributed by atoms with van der Waals surface area (Å²) in [7, 11) is 2.23. The molecule has 2 heteroatoms. The summed E-state index contributed by atoms with van der Waals surface area (Å²) in [5.74, 6) is 1.79. The Kier molecular flexibility index (Phi) is 2.89. The minimum absolute atomic E-state index is 0.522. The van der Waals surface area contributed by atoms with Crippen molar-refractivity contribution in [3.63, 3.8) is 0 Å². The lowest BCUT2D eigenvalue weighted by molar-refractivity contribution is 0.164. The van der Waals surface area contributed by atoms with Crippen LogP contribution in [0.3, 0.4) is 0 Å². The maximum atomic E-state index is 6.13. The Morgan fingerprint density at radius 2 is 1.77 bits per heavy atom. The Bertz CT molecular complexity index is 161. The zero-order valence-electron chi connectivity index (χ0n) is 8.71. The number of rotatable bonds is 1. The molecule has 2 rings (SSSR count). The van der Waals surface area contributed by atoms with Crippen LogP contribution in [0.1, 0.15) is 32.1 Å². The van der Waals surface area contributed by atoms with Gasteiger partial charge in [-0.2, -0.15) is 0 Å². The summed E-state index contributed by atoms with van der Waals surface area (Å²) >= 11 is 0. The highest BCUT2D eigenvalue weighted by molar-refractivity contribution is 4.87. The second kappa shape index (κ2) is 3.97. The van der Waals surface area contributed by atoms with E-state index in [0.717, 1.165) is 11.8 Å². The average molecular weight is 182 g/mol. The van der Waals surface area contributed by atoms with E-state index in [4.69, 9.17) is 5.73 Å². The molecule has 1 saturated heterocycles. The Labute approximate surface area is 81.5 Å². The molecule has 0 aromatic rings. The SMILES string of the molecule is CN1CCC(C2CCCC2N)CC1. The van der Waals surface area contributed by atoms with Crippen LogP contribution in [-0.4, -0.2) is 31.1 Å². The fourth-order valence-electron chi connectivity index (χ4n) is 3.06. The minimum atomic E-state index is 0.522. The number of nitrogens with zero attached hydrogens (tertiary/aromatic N) is 1. The van der Waals surface area contributed by atoms with Gasteiger partial charge in [0.1, 0.15) is 0 Å². The van der Waals surface area contributed by atoms with Crippen LogP contribution in [0.25, 0.3) is 0 Å². The molecule has 0 aromatic heterocycles. The predicted molar refractivity (Wildman–Crippen MR) is 55.5 cm³/mol. The van der Waals surface area contributed by atoms with E-state index in [1.54, 1.807) is 0 Å². The van der Waals surface area contributed by atoms with Gasteiger partial charge in [-0.05, 0) is 57.7 Å². The zero-order valence-corrected chi connectivity index (χ0v) is 8.71. The second-order valence-electron chi connectivity index (χ2n) is 4.90. The van der Waals surface area contributed by atoms with E-state index in [1.165, 1.54) is 45.2 Å². The van der Waals surface area contributed by atoms with Gasteiger partial charge < -0.3 is 10.6 Å². The summed E-state index contributed by atoms with van der Waals surface area (Å²) in [5.41, 5.74) is 6.13. The number of hydrogen-bond donors (Lipinski definition) is 1. The van der Waals surface area contributed by atoms with Gasteiger partial charge in [0.15, 0.2) is 0 Å². The zero-order chi connectivity index (χ0) is 9.26. The van der Waals surface area contributed by atoms with Gasteiger partial charge in [-0.1, -0.05) is 6.42 Å². The molecule has 0 radical (unpaired) electrons. The lowest BCUT2D eigenvalue weighted by Gasteiger charge is -2.34. The van der Waals surface area contributed by atoms with Crippen LogP contribution in [0.15, 0.2) is 0 Å². The monoisotopic (exact) mass is 182 g/mol. The lowest BCUT2D eigenvalue weighted by atomic mass is 9.81. The topological polar surface area (TPSA) is 29.3 Å². The van der Waals surface area contributed by atoms with Gasteiger partial charge in [-0.3, -0.25) is 0 Å². The standard InChI is InChI=1S/C11H22N2/c1-13-7-5-9(6-8-13)10-3-2-4-11(10)12/h9-11H,2-8,12H2,1H3. The number of hydrogen-bond acceptors (Lipinski definition) is 2. The van der Waals surface area contributed by atoms with Crippen molar-refractivity contribution in [3.8, 4) is 0 Å². The summed E-state index contributed by atoms with van der Waals surface area (Å²) < 4.78 is 0. The van der Waals surface area contributed by atoms with Crippen molar-refractivity contribution in [2.24, 2.45) is 17.6 Å². The van der Waals surface area contributed by atoms with Crippen LogP contribution in [0.5, 0.6) is 0 Å². The molecule has 0 bridgehead atoms. The quantitative estimate of drug-likeness (QED) is 0.665. The molecule has 1 aliphatic heterocycles. The third kappa shape index (κ3) is 2.05. The van der Waals surface area contributed by atoms with Gasteiger partial charge in [-0.25, -0.2) is 0 Å². The van der Waals surface area contributed by atoms with E-state index in [2.05, 4.69) is 11.9 Å². The van der Waals surface area contributed by atoms with Gasteiger partial charge in [0.05, 0.1) is 0 Å². The Balaban J connectivity index is 1.86. The highest BCUT2D eigenvalue weighted by Crippen LogP contribution is 2.35. The molecular weight excluding hydrogens is 160 g/mol. The molecule has 0 aromatic carbocycles. The smallest absolute Gasteiger partial charge is 0.00698 e. The number of likely N-dealkylation sites (tertiary alicyclic amines) is 1. The molecule has 0 amide bonds. The van der Waals surface area contributed by atoms with Crippen molar-refractivity contribution < 1.29 is 0 Å². The van der Waals surface area contributed by atoms with E-state index < -0.39 is 0 Å². The molecular formula is C11H22N2. The van der Waals surface area contributed by atoms with Crippen molar-refractivity contribution in [2.45, 2.75) is 38.1 Å². The minimum Gasteiger partial charge on any atom is -0.327 e. The van der Waals surface area contributed by atoms with Gasteiger partial charge in [0, 0.05) is 6.04 Å². The normalized spacial score (nSPS) is 38.3. The first kappa shape index (κ1) is 9.47. The van der Waals surface area contributed by atoms with E-state index in [9.17, 15) is 0 Å². The maximum absolute atomic E-state index is 6.13. The first-order valence-electron chi connectivity index (χ1n) is 5.71. The van der Waals surface area contributed by atoms with Crippen LogP contribution < -0.4 is 5.73 Å². The van der Waals surface area contributed by atoms with Crippen LogP contribution >= 0.6 is 0 Å². The third-order valence-electron chi connectivity index (χ3n) is 3.99. The summed E-state index contributed by atoms with van der Waals surface area (Å²) in [6.07, 6.45) is 6.81. The van der Waals surface area contributed by atoms with E-state index in [-0.39, 0.29) is 0 Å². The fourth-order valence-corrected chi connectivity index (χ4v) is 3.06. The van der Waals surface area contributed by atoms with E-state index in [1.807, 2.05) is 0 Å². The maximum Gasteiger partial charge on any atom is 0.00698 e. The Morgan fingerprint density at radius 1 is 1.08 bits per heavy atom. The van der Waals surface area contributed by atoms with Crippen LogP contribution in [0.2, 0.25) is 0 Å². The molecule has 0 spiro atoms. The number of nitrogens with two attached hydrogens (primary N) is 1. The predicted octanol–water partition coefficient (Wildman–Crippen LogP) is 1.46. The molecule has 2 atom stereocenters. The van der Waals surface area contributed by atoms with Gasteiger partial charge in [-0.15, -0.1) is 0 Å². The molecule has 2 fully saturated rings. The first-order chi connectivity index (χ1) is 6.27. The Hall–Kier alpha value is -0.0800. The summed E-state index contributed by atoms with van der Waals surface area (Å²) in [5, 5.41) is 0. The first-order valence-corrected chi connectivity index (χ1v) is 5.71. The van der Waals surface area contributed by atoms with Crippen molar-refractivity contribution in [3.05, 3.63) is 0 Å². The second-order valence-corrected chi connectivity index (χ2v) is 4.90. The molecule has 2 N–H and O–H groups in total. The van der Waals surface area contributed by atoms with Gasteiger partial charge in [0.2, 0.25) is 0 Å². The highest BCUT2D eigenvalue weighted by atomic mass is 15.1. The molecule has 2 unspecified atom stereocenters. The molecule has 2 nitrogen and oxygen atoms in total. The van der Waals surface area contributed by atoms with Crippen molar-refractivity contribution in [1.29, 1.82) is 0 Å². The number of piperidine rings is 1. The molecule has 1 heterocycles. The van der Waals surface area contributed by atoms with Gasteiger partial charge in [0.25, 0.3) is 0 Å². The summed E-state index contributed by atoms with van der Waals surface area (Å²) in [6, 6.07) is 0.522. The summed E-state index contributed by atoms with van der Waals surface area (Å²) in [4.78, 5) is 2.44. The van der Waals surface area contributed by atoms with E-state index in [0.29, 0.717) is 6.04 Å². The summed E-state index contributed by atoms with van der Waals surface area (Å²) in [6.45, 7) is 2.57. The van der Waals surface area contributed by atoms with Crippen LogP contribution in [-0.2, 0) is 0 Å². The van der Waals surface area contributed by atoms with Crippen LogP contribution in [0.4, 0.5) is 0 Å². The van der Waals surface area contributed by atoms with Crippen LogP contribution in [0, 0.1) is 11.8 Å². The average Bonchev–Trinajstić information content (AvgIpc) is 2.53. The molecule has 2 aliphatic rings. The molecule has 76 valence electrons. The molecule has 13 heavy (non-hydrogen) atoms. The van der Waals surface area contributed by atoms with Gasteiger partial charge >= 0.3 is 0 Å². The molecule has 1 saturated carbocycles. The largest absolute Gasteiger partial charge is 0.327 e. The Morgan fingerprint density at radius 3 is 2.31 bits per heavy atom. The highest BCUT2D eigenvalue weighted by Gasteiger charge is 2.32. The lowest BCUT2D eigenvalue weighted by Crippen LogP contribution is -2.38. The van der Waals surface area contributed by atoms with Crippen molar-refractivity contribution in [1.82, 2.24) is 4.90 Å². The van der Waals surface area contributed by atoms with Crippen molar-refractivity contribution >= 4 is 0 Å².